The molecule has 0 saturated carbocycles. The van der Waals surface area contributed by atoms with E-state index in [4.69, 9.17) is 19.4 Å². The van der Waals surface area contributed by atoms with E-state index in [1.807, 2.05) is 60.7 Å². The maximum atomic E-state index is 6.78. The third-order valence-electron chi connectivity index (χ3n) is 10.4. The van der Waals surface area contributed by atoms with Crippen LogP contribution in [-0.2, 0) is 0 Å². The molecule has 252 valence electrons. The van der Waals surface area contributed by atoms with E-state index in [0.29, 0.717) is 17.5 Å². The number of hydrogen-bond acceptors (Lipinski definition) is 4. The molecule has 0 spiro atoms. The van der Waals surface area contributed by atoms with Gasteiger partial charge in [0.2, 0.25) is 0 Å². The molecule has 54 heavy (non-hydrogen) atoms. The van der Waals surface area contributed by atoms with Gasteiger partial charge < -0.3 is 8.98 Å². The van der Waals surface area contributed by atoms with E-state index in [0.717, 1.165) is 66.2 Å². The van der Waals surface area contributed by atoms with Crippen molar-refractivity contribution in [3.63, 3.8) is 0 Å². The minimum atomic E-state index is 0.619. The van der Waals surface area contributed by atoms with E-state index in [-0.39, 0.29) is 0 Å². The van der Waals surface area contributed by atoms with Gasteiger partial charge in [-0.15, -0.1) is 0 Å². The van der Waals surface area contributed by atoms with E-state index in [1.165, 1.54) is 21.8 Å². The van der Waals surface area contributed by atoms with Crippen molar-refractivity contribution in [1.82, 2.24) is 19.5 Å². The number of benzene rings is 8. The summed E-state index contributed by atoms with van der Waals surface area (Å²) in [4.78, 5) is 14.9. The third kappa shape index (κ3) is 4.76. The predicted octanol–water partition coefficient (Wildman–Crippen LogP) is 12.7. The first-order chi connectivity index (χ1) is 26.8. The Morgan fingerprint density at radius 2 is 0.870 bits per heavy atom. The van der Waals surface area contributed by atoms with Crippen molar-refractivity contribution in [3.8, 4) is 51.0 Å². The van der Waals surface area contributed by atoms with Crippen LogP contribution in [0.2, 0.25) is 0 Å². The Labute approximate surface area is 310 Å². The fraction of sp³-hybridized carbons (Fsp3) is 0. The van der Waals surface area contributed by atoms with Crippen LogP contribution >= 0.6 is 0 Å². The lowest BCUT2D eigenvalue weighted by Gasteiger charge is -2.13. The fourth-order valence-corrected chi connectivity index (χ4v) is 8.00. The van der Waals surface area contributed by atoms with Crippen molar-refractivity contribution >= 4 is 54.5 Å². The number of furan rings is 1. The molecule has 11 rings (SSSR count). The zero-order chi connectivity index (χ0) is 35.6. The Morgan fingerprint density at radius 3 is 1.52 bits per heavy atom. The predicted molar refractivity (Wildman–Crippen MR) is 221 cm³/mol. The van der Waals surface area contributed by atoms with Crippen LogP contribution < -0.4 is 0 Å². The maximum Gasteiger partial charge on any atom is 0.164 e. The molecular weight excluding hydrogens is 661 g/mol. The van der Waals surface area contributed by atoms with Gasteiger partial charge in [0.25, 0.3) is 0 Å². The Kier molecular flexibility index (Phi) is 6.79. The molecular formula is C49H30N4O. The van der Waals surface area contributed by atoms with Crippen LogP contribution in [0, 0.1) is 0 Å². The first-order valence-electron chi connectivity index (χ1n) is 18.1. The van der Waals surface area contributed by atoms with Crippen molar-refractivity contribution in [3.05, 3.63) is 182 Å². The zero-order valence-corrected chi connectivity index (χ0v) is 29.0. The summed E-state index contributed by atoms with van der Waals surface area (Å²) in [6.45, 7) is 0. The third-order valence-corrected chi connectivity index (χ3v) is 10.4. The maximum absolute atomic E-state index is 6.78. The first-order valence-corrected chi connectivity index (χ1v) is 18.1. The highest BCUT2D eigenvalue weighted by Gasteiger charge is 2.21. The van der Waals surface area contributed by atoms with Gasteiger partial charge in [-0.2, -0.15) is 0 Å². The van der Waals surface area contributed by atoms with Gasteiger partial charge in [0.15, 0.2) is 17.5 Å². The SMILES string of the molecule is c1ccc(-c2nc(-c3ccccc3)nc(-c3cccc(-c4cccc5oc6c7ccccc7c(-n7c8ccccc8c8ccccc87)cc6c45)c3)n2)cc1. The molecule has 0 amide bonds. The van der Waals surface area contributed by atoms with Gasteiger partial charge in [0.05, 0.1) is 16.7 Å². The molecule has 8 aromatic carbocycles. The summed E-state index contributed by atoms with van der Waals surface area (Å²) in [6, 6.07) is 63.2. The number of aromatic nitrogens is 4. The number of para-hydroxylation sites is 2. The summed E-state index contributed by atoms with van der Waals surface area (Å²) in [7, 11) is 0. The average molecular weight is 691 g/mol. The van der Waals surface area contributed by atoms with E-state index in [2.05, 4.69) is 126 Å². The molecule has 11 aromatic rings. The van der Waals surface area contributed by atoms with Crippen LogP contribution in [-0.4, -0.2) is 19.5 Å². The highest BCUT2D eigenvalue weighted by Crippen LogP contribution is 2.43. The summed E-state index contributed by atoms with van der Waals surface area (Å²) in [6.07, 6.45) is 0. The fourth-order valence-electron chi connectivity index (χ4n) is 8.00. The molecule has 0 unspecified atom stereocenters. The molecule has 0 bridgehead atoms. The topological polar surface area (TPSA) is 56.7 Å². The van der Waals surface area contributed by atoms with Crippen LogP contribution in [0.4, 0.5) is 0 Å². The highest BCUT2D eigenvalue weighted by atomic mass is 16.3. The normalized spacial score (nSPS) is 11.7. The van der Waals surface area contributed by atoms with Crippen molar-refractivity contribution in [1.29, 1.82) is 0 Å². The number of nitrogens with zero attached hydrogens (tertiary/aromatic N) is 4. The van der Waals surface area contributed by atoms with Gasteiger partial charge in [0.1, 0.15) is 11.2 Å². The van der Waals surface area contributed by atoms with Crippen molar-refractivity contribution < 1.29 is 4.42 Å². The van der Waals surface area contributed by atoms with Gasteiger partial charge in [-0.1, -0.05) is 152 Å². The lowest BCUT2D eigenvalue weighted by atomic mass is 9.96. The van der Waals surface area contributed by atoms with Crippen LogP contribution in [0.5, 0.6) is 0 Å². The Hall–Kier alpha value is -7.37. The van der Waals surface area contributed by atoms with Gasteiger partial charge in [-0.05, 0) is 41.5 Å². The van der Waals surface area contributed by atoms with E-state index >= 15 is 0 Å². The van der Waals surface area contributed by atoms with E-state index in [1.54, 1.807) is 0 Å². The molecule has 3 heterocycles. The van der Waals surface area contributed by atoms with Crippen molar-refractivity contribution in [2.45, 2.75) is 0 Å². The molecule has 0 radical (unpaired) electrons. The van der Waals surface area contributed by atoms with Crippen molar-refractivity contribution in [2.75, 3.05) is 0 Å². The highest BCUT2D eigenvalue weighted by molar-refractivity contribution is 6.22. The smallest absolute Gasteiger partial charge is 0.164 e. The molecule has 0 N–H and O–H groups in total. The molecule has 0 saturated heterocycles. The molecule has 5 nitrogen and oxygen atoms in total. The summed E-state index contributed by atoms with van der Waals surface area (Å²) in [5.41, 5.74) is 10.1. The Bertz CT molecular complexity index is 3110. The summed E-state index contributed by atoms with van der Waals surface area (Å²) < 4.78 is 9.18. The van der Waals surface area contributed by atoms with Crippen LogP contribution in [0.25, 0.3) is 105 Å². The molecule has 0 fully saturated rings. The minimum Gasteiger partial charge on any atom is -0.455 e. The Morgan fingerprint density at radius 1 is 0.370 bits per heavy atom. The average Bonchev–Trinajstić information content (AvgIpc) is 3.80. The van der Waals surface area contributed by atoms with Crippen LogP contribution in [0.3, 0.4) is 0 Å². The molecule has 0 atom stereocenters. The molecule has 5 heteroatoms. The van der Waals surface area contributed by atoms with Gasteiger partial charge in [-0.3, -0.25) is 0 Å². The largest absolute Gasteiger partial charge is 0.455 e. The quantitative estimate of drug-likeness (QED) is 0.180. The van der Waals surface area contributed by atoms with Gasteiger partial charge >= 0.3 is 0 Å². The second kappa shape index (κ2) is 12.1. The van der Waals surface area contributed by atoms with Crippen LogP contribution in [0.15, 0.2) is 186 Å². The summed E-state index contributed by atoms with van der Waals surface area (Å²) in [5.74, 6) is 1.89. The lowest BCUT2D eigenvalue weighted by Crippen LogP contribution is -2.00. The van der Waals surface area contributed by atoms with Gasteiger partial charge in [0, 0.05) is 49.0 Å². The molecule has 3 aromatic heterocycles. The zero-order valence-electron chi connectivity index (χ0n) is 29.0. The summed E-state index contributed by atoms with van der Waals surface area (Å²) in [5, 5.41) is 6.82. The molecule has 0 aliphatic heterocycles. The monoisotopic (exact) mass is 690 g/mol. The van der Waals surface area contributed by atoms with Crippen LogP contribution in [0.1, 0.15) is 0 Å². The molecule has 0 aliphatic carbocycles. The van der Waals surface area contributed by atoms with E-state index in [9.17, 15) is 0 Å². The molecule has 0 aliphatic rings. The van der Waals surface area contributed by atoms with Crippen molar-refractivity contribution in [2.24, 2.45) is 0 Å². The van der Waals surface area contributed by atoms with E-state index < -0.39 is 0 Å². The Balaban J connectivity index is 1.14. The van der Waals surface area contributed by atoms with Gasteiger partial charge in [-0.25, -0.2) is 15.0 Å². The first kappa shape index (κ1) is 30.3. The number of hydrogen-bond donors (Lipinski definition) is 0. The second-order valence-corrected chi connectivity index (χ2v) is 13.6. The lowest BCUT2D eigenvalue weighted by molar-refractivity contribution is 0.672. The summed E-state index contributed by atoms with van der Waals surface area (Å²) >= 11 is 0. The number of rotatable bonds is 5. The second-order valence-electron chi connectivity index (χ2n) is 13.6. The minimum absolute atomic E-state index is 0.619. The standard InChI is InChI=1S/C49H30N4O/c1-3-15-31(16-4-1)47-50-48(32-17-5-2-6-18-32)52-49(51-47)34-20-13-19-33(29-34)35-25-14-28-44-45(35)40-30-43(38-23-7-8-24-39(38)46(40)54-44)53-41-26-11-9-21-36(41)37-22-10-12-27-42(37)53/h1-30H. The number of fused-ring (bicyclic) bond motifs is 8.